The van der Waals surface area contributed by atoms with Crippen LogP contribution >= 0.6 is 0 Å². The molecule has 1 N–H and O–H groups in total. The molecule has 0 radical (unpaired) electrons. The van der Waals surface area contributed by atoms with Crippen LogP contribution in [0.2, 0.25) is 0 Å². The van der Waals surface area contributed by atoms with Gasteiger partial charge in [-0.15, -0.1) is 0 Å². The summed E-state index contributed by atoms with van der Waals surface area (Å²) >= 11 is 0. The highest BCUT2D eigenvalue weighted by Crippen LogP contribution is 2.25. The van der Waals surface area contributed by atoms with Crippen LogP contribution in [0.1, 0.15) is 49.7 Å². The lowest BCUT2D eigenvalue weighted by atomic mass is 9.92. The van der Waals surface area contributed by atoms with E-state index in [0.29, 0.717) is 6.04 Å². The third kappa shape index (κ3) is 3.50. The summed E-state index contributed by atoms with van der Waals surface area (Å²) in [5.74, 6) is 1.07. The van der Waals surface area contributed by atoms with Crippen molar-refractivity contribution < 1.29 is 4.74 Å². The van der Waals surface area contributed by atoms with Gasteiger partial charge < -0.3 is 10.1 Å². The van der Waals surface area contributed by atoms with Crippen LogP contribution in [0.3, 0.4) is 0 Å². The maximum absolute atomic E-state index is 5.93. The Kier molecular flexibility index (Phi) is 4.39. The third-order valence-corrected chi connectivity index (χ3v) is 4.47. The number of piperidine rings is 1. The van der Waals surface area contributed by atoms with E-state index in [1.807, 2.05) is 0 Å². The zero-order chi connectivity index (χ0) is 12.9. The SMILES string of the molecule is c1cc2c(cc1OCCC1CCCCN1)CCCC2. The second kappa shape index (κ2) is 6.42. The van der Waals surface area contributed by atoms with Crippen molar-refractivity contribution in [3.8, 4) is 5.75 Å². The molecular formula is C17H25NO. The van der Waals surface area contributed by atoms with Gasteiger partial charge in [0.05, 0.1) is 6.61 Å². The van der Waals surface area contributed by atoms with E-state index in [9.17, 15) is 0 Å². The average molecular weight is 259 g/mol. The standard InChI is InChI=1S/C17H25NO/c1-2-6-15-13-17(9-8-14(15)5-1)19-12-10-16-7-3-4-11-18-16/h8-9,13,16,18H,1-7,10-12H2. The van der Waals surface area contributed by atoms with E-state index in [1.54, 1.807) is 0 Å². The summed E-state index contributed by atoms with van der Waals surface area (Å²) in [6, 6.07) is 7.36. The first-order valence-electron chi connectivity index (χ1n) is 7.90. The summed E-state index contributed by atoms with van der Waals surface area (Å²) in [7, 11) is 0. The molecule has 0 aromatic heterocycles. The molecule has 104 valence electrons. The zero-order valence-electron chi connectivity index (χ0n) is 11.8. The fourth-order valence-electron chi connectivity index (χ4n) is 3.29. The highest BCUT2D eigenvalue weighted by molar-refractivity contribution is 5.37. The van der Waals surface area contributed by atoms with Gasteiger partial charge in [-0.25, -0.2) is 0 Å². The number of nitrogens with one attached hydrogen (secondary N) is 1. The molecule has 2 nitrogen and oxygen atoms in total. The maximum atomic E-state index is 5.93. The van der Waals surface area contributed by atoms with Crippen molar-refractivity contribution >= 4 is 0 Å². The Bertz CT molecular complexity index is 410. The van der Waals surface area contributed by atoms with Crippen LogP contribution in [0, 0.1) is 0 Å². The largest absolute Gasteiger partial charge is 0.494 e. The van der Waals surface area contributed by atoms with Crippen molar-refractivity contribution in [1.29, 1.82) is 0 Å². The average Bonchev–Trinajstić information content (AvgIpc) is 2.48. The number of rotatable bonds is 4. The van der Waals surface area contributed by atoms with Gasteiger partial charge >= 0.3 is 0 Å². The lowest BCUT2D eigenvalue weighted by molar-refractivity contribution is 0.268. The van der Waals surface area contributed by atoms with E-state index < -0.39 is 0 Å². The van der Waals surface area contributed by atoms with Gasteiger partial charge in [-0.05, 0) is 74.8 Å². The van der Waals surface area contributed by atoms with E-state index in [-0.39, 0.29) is 0 Å². The van der Waals surface area contributed by atoms with Crippen molar-refractivity contribution in [3.05, 3.63) is 29.3 Å². The smallest absolute Gasteiger partial charge is 0.119 e. The van der Waals surface area contributed by atoms with Crippen LogP contribution in [-0.2, 0) is 12.8 Å². The molecule has 1 unspecified atom stereocenters. The molecule has 1 fully saturated rings. The first-order chi connectivity index (χ1) is 9.42. The second-order valence-corrected chi connectivity index (χ2v) is 5.92. The zero-order valence-corrected chi connectivity index (χ0v) is 11.8. The van der Waals surface area contributed by atoms with Crippen LogP contribution in [-0.4, -0.2) is 19.2 Å². The van der Waals surface area contributed by atoms with Gasteiger partial charge in [0.1, 0.15) is 5.75 Å². The lowest BCUT2D eigenvalue weighted by Crippen LogP contribution is -2.35. The molecule has 1 aromatic carbocycles. The number of hydrogen-bond acceptors (Lipinski definition) is 2. The van der Waals surface area contributed by atoms with Gasteiger partial charge in [-0.3, -0.25) is 0 Å². The Morgan fingerprint density at radius 3 is 2.79 bits per heavy atom. The normalized spacial score (nSPS) is 22.8. The minimum absolute atomic E-state index is 0.673. The molecular weight excluding hydrogens is 234 g/mol. The summed E-state index contributed by atoms with van der Waals surface area (Å²) in [6.07, 6.45) is 10.3. The highest BCUT2D eigenvalue weighted by Gasteiger charge is 2.13. The molecule has 1 aliphatic heterocycles. The summed E-state index contributed by atoms with van der Waals surface area (Å²) in [4.78, 5) is 0. The van der Waals surface area contributed by atoms with Crippen LogP contribution in [0.5, 0.6) is 5.75 Å². The number of aryl methyl sites for hydroxylation is 2. The van der Waals surface area contributed by atoms with Crippen LogP contribution in [0.4, 0.5) is 0 Å². The molecule has 19 heavy (non-hydrogen) atoms. The molecule has 0 saturated carbocycles. The molecule has 0 amide bonds. The predicted molar refractivity (Wildman–Crippen MR) is 78.8 cm³/mol. The monoisotopic (exact) mass is 259 g/mol. The topological polar surface area (TPSA) is 21.3 Å². The van der Waals surface area contributed by atoms with Crippen LogP contribution in [0.15, 0.2) is 18.2 Å². The molecule has 1 saturated heterocycles. The lowest BCUT2D eigenvalue weighted by Gasteiger charge is -2.23. The van der Waals surface area contributed by atoms with E-state index in [2.05, 4.69) is 23.5 Å². The van der Waals surface area contributed by atoms with Crippen LogP contribution in [0.25, 0.3) is 0 Å². The van der Waals surface area contributed by atoms with Gasteiger partial charge in [0, 0.05) is 6.04 Å². The van der Waals surface area contributed by atoms with Crippen molar-refractivity contribution in [2.45, 2.75) is 57.4 Å². The van der Waals surface area contributed by atoms with E-state index in [0.717, 1.165) is 18.8 Å². The first kappa shape index (κ1) is 13.0. The van der Waals surface area contributed by atoms with E-state index in [4.69, 9.17) is 4.74 Å². The van der Waals surface area contributed by atoms with Crippen molar-refractivity contribution in [2.24, 2.45) is 0 Å². The molecule has 0 spiro atoms. The Morgan fingerprint density at radius 2 is 1.95 bits per heavy atom. The first-order valence-corrected chi connectivity index (χ1v) is 7.90. The molecule has 1 heterocycles. The van der Waals surface area contributed by atoms with Gasteiger partial charge in [0.25, 0.3) is 0 Å². The molecule has 1 aromatic rings. The molecule has 2 aliphatic rings. The molecule has 1 aliphatic carbocycles. The summed E-state index contributed by atoms with van der Waals surface area (Å²) in [5.41, 5.74) is 3.05. The van der Waals surface area contributed by atoms with Crippen molar-refractivity contribution in [1.82, 2.24) is 5.32 Å². The fraction of sp³-hybridized carbons (Fsp3) is 0.647. The van der Waals surface area contributed by atoms with Gasteiger partial charge in [-0.2, -0.15) is 0 Å². The molecule has 1 atom stereocenters. The van der Waals surface area contributed by atoms with Crippen molar-refractivity contribution in [2.75, 3.05) is 13.2 Å². The maximum Gasteiger partial charge on any atom is 0.119 e. The van der Waals surface area contributed by atoms with E-state index >= 15 is 0 Å². The second-order valence-electron chi connectivity index (χ2n) is 5.92. The third-order valence-electron chi connectivity index (χ3n) is 4.47. The quantitative estimate of drug-likeness (QED) is 0.894. The van der Waals surface area contributed by atoms with Gasteiger partial charge in [-0.1, -0.05) is 12.5 Å². The van der Waals surface area contributed by atoms with Crippen LogP contribution < -0.4 is 10.1 Å². The fourth-order valence-corrected chi connectivity index (χ4v) is 3.29. The van der Waals surface area contributed by atoms with Crippen molar-refractivity contribution in [3.63, 3.8) is 0 Å². The van der Waals surface area contributed by atoms with Gasteiger partial charge in [0.15, 0.2) is 0 Å². The minimum atomic E-state index is 0.673. The number of ether oxygens (including phenoxy) is 1. The Balaban J connectivity index is 1.49. The highest BCUT2D eigenvalue weighted by atomic mass is 16.5. The number of benzene rings is 1. The number of fused-ring (bicyclic) bond motifs is 1. The molecule has 0 bridgehead atoms. The summed E-state index contributed by atoms with van der Waals surface area (Å²) in [5, 5.41) is 3.58. The number of hydrogen-bond donors (Lipinski definition) is 1. The minimum Gasteiger partial charge on any atom is -0.494 e. The Morgan fingerprint density at radius 1 is 1.05 bits per heavy atom. The Hall–Kier alpha value is -1.02. The van der Waals surface area contributed by atoms with E-state index in [1.165, 1.54) is 62.6 Å². The molecule has 2 heteroatoms. The molecule has 3 rings (SSSR count). The Labute approximate surface area is 116 Å². The van der Waals surface area contributed by atoms with Gasteiger partial charge in [0.2, 0.25) is 0 Å². The summed E-state index contributed by atoms with van der Waals surface area (Å²) < 4.78 is 5.93. The summed E-state index contributed by atoms with van der Waals surface area (Å²) in [6.45, 7) is 2.03. The predicted octanol–water partition coefficient (Wildman–Crippen LogP) is 3.48.